The SMILES string of the molecule is C=C/C=C/C#CCCO. The quantitative estimate of drug-likeness (QED) is 0.429. The number of allylic oxidation sites excluding steroid dienone is 3. The molecule has 0 radical (unpaired) electrons. The van der Waals surface area contributed by atoms with Crippen LogP contribution in [0.15, 0.2) is 24.8 Å². The molecular formula is C8H10O. The first kappa shape index (κ1) is 8.00. The van der Waals surface area contributed by atoms with Crippen molar-refractivity contribution in [2.24, 2.45) is 0 Å². The lowest BCUT2D eigenvalue weighted by molar-refractivity contribution is 0.305. The van der Waals surface area contributed by atoms with Crippen LogP contribution in [0.1, 0.15) is 6.42 Å². The van der Waals surface area contributed by atoms with E-state index in [-0.39, 0.29) is 6.61 Å². The highest BCUT2D eigenvalue weighted by atomic mass is 16.2. The van der Waals surface area contributed by atoms with Crippen LogP contribution in [-0.4, -0.2) is 11.7 Å². The van der Waals surface area contributed by atoms with Gasteiger partial charge in [-0.25, -0.2) is 0 Å². The molecule has 0 saturated carbocycles. The predicted molar refractivity (Wildman–Crippen MR) is 38.8 cm³/mol. The Hall–Kier alpha value is -1.00. The molecular weight excluding hydrogens is 112 g/mol. The fourth-order valence-corrected chi connectivity index (χ4v) is 0.303. The van der Waals surface area contributed by atoms with E-state index in [9.17, 15) is 0 Å². The van der Waals surface area contributed by atoms with Crippen molar-refractivity contribution in [2.75, 3.05) is 6.61 Å². The largest absolute Gasteiger partial charge is 0.395 e. The Bertz CT molecular complexity index is 146. The second-order valence-corrected chi connectivity index (χ2v) is 1.39. The minimum Gasteiger partial charge on any atom is -0.395 e. The molecule has 9 heavy (non-hydrogen) atoms. The number of hydrogen-bond acceptors (Lipinski definition) is 1. The van der Waals surface area contributed by atoms with Crippen LogP contribution in [0.25, 0.3) is 0 Å². The Kier molecular flexibility index (Phi) is 6.22. The van der Waals surface area contributed by atoms with Crippen molar-refractivity contribution >= 4 is 0 Å². The molecule has 0 atom stereocenters. The number of aliphatic hydroxyl groups excluding tert-OH is 1. The molecule has 0 aromatic heterocycles. The average Bonchev–Trinajstić information content (AvgIpc) is 1.89. The lowest BCUT2D eigenvalue weighted by Crippen LogP contribution is -1.74. The fraction of sp³-hybridized carbons (Fsp3) is 0.250. The zero-order valence-electron chi connectivity index (χ0n) is 5.30. The summed E-state index contributed by atoms with van der Waals surface area (Å²) in [6, 6.07) is 0. The van der Waals surface area contributed by atoms with Crippen LogP contribution in [0.5, 0.6) is 0 Å². The number of aliphatic hydroxyl groups is 1. The van der Waals surface area contributed by atoms with Gasteiger partial charge in [-0.05, 0) is 6.08 Å². The van der Waals surface area contributed by atoms with E-state index >= 15 is 0 Å². The molecule has 0 heterocycles. The monoisotopic (exact) mass is 122 g/mol. The molecule has 0 aromatic carbocycles. The van der Waals surface area contributed by atoms with Gasteiger partial charge in [-0.3, -0.25) is 0 Å². The summed E-state index contributed by atoms with van der Waals surface area (Å²) >= 11 is 0. The summed E-state index contributed by atoms with van der Waals surface area (Å²) in [4.78, 5) is 0. The smallest absolute Gasteiger partial charge is 0.0540 e. The molecule has 0 bridgehead atoms. The van der Waals surface area contributed by atoms with E-state index in [2.05, 4.69) is 18.4 Å². The van der Waals surface area contributed by atoms with E-state index in [1.165, 1.54) is 0 Å². The van der Waals surface area contributed by atoms with Gasteiger partial charge in [0.05, 0.1) is 6.61 Å². The van der Waals surface area contributed by atoms with Gasteiger partial charge in [-0.2, -0.15) is 0 Å². The summed E-state index contributed by atoms with van der Waals surface area (Å²) in [5, 5.41) is 8.28. The molecule has 0 saturated heterocycles. The third-order valence-corrected chi connectivity index (χ3v) is 0.655. The molecule has 1 heteroatoms. The van der Waals surface area contributed by atoms with Gasteiger partial charge in [0.25, 0.3) is 0 Å². The molecule has 0 aliphatic rings. The van der Waals surface area contributed by atoms with Crippen molar-refractivity contribution in [3.63, 3.8) is 0 Å². The molecule has 1 N–H and O–H groups in total. The van der Waals surface area contributed by atoms with Crippen LogP contribution < -0.4 is 0 Å². The maximum atomic E-state index is 8.28. The zero-order chi connectivity index (χ0) is 6.95. The first-order chi connectivity index (χ1) is 4.41. The molecule has 0 aliphatic carbocycles. The highest BCUT2D eigenvalue weighted by molar-refractivity contribution is 5.18. The lowest BCUT2D eigenvalue weighted by Gasteiger charge is -1.73. The van der Waals surface area contributed by atoms with Crippen molar-refractivity contribution in [3.8, 4) is 11.8 Å². The molecule has 0 rings (SSSR count). The average molecular weight is 122 g/mol. The summed E-state index contributed by atoms with van der Waals surface area (Å²) in [6.07, 6.45) is 5.65. The van der Waals surface area contributed by atoms with Gasteiger partial charge >= 0.3 is 0 Å². The Balaban J connectivity index is 3.36. The normalized spacial score (nSPS) is 8.56. The standard InChI is InChI=1S/C8H10O/c1-2-3-4-5-6-7-8-9/h2-4,9H,1,7-8H2/b4-3+. The van der Waals surface area contributed by atoms with E-state index in [1.807, 2.05) is 0 Å². The highest BCUT2D eigenvalue weighted by Crippen LogP contribution is 1.72. The number of rotatable bonds is 2. The summed E-state index contributed by atoms with van der Waals surface area (Å²) in [6.45, 7) is 3.61. The lowest BCUT2D eigenvalue weighted by atomic mass is 10.4. The third kappa shape index (κ3) is 7.00. The minimum absolute atomic E-state index is 0.134. The Morgan fingerprint density at radius 1 is 1.56 bits per heavy atom. The first-order valence-electron chi connectivity index (χ1n) is 2.78. The van der Waals surface area contributed by atoms with Crippen LogP contribution in [-0.2, 0) is 0 Å². The molecule has 0 spiro atoms. The molecule has 0 fully saturated rings. The molecule has 1 nitrogen and oxygen atoms in total. The Labute approximate surface area is 55.7 Å². The molecule has 0 aliphatic heterocycles. The fourth-order valence-electron chi connectivity index (χ4n) is 0.303. The van der Waals surface area contributed by atoms with Gasteiger partial charge in [-0.15, -0.1) is 0 Å². The number of hydrogen-bond donors (Lipinski definition) is 1. The first-order valence-corrected chi connectivity index (χ1v) is 2.78. The van der Waals surface area contributed by atoms with Crippen molar-refractivity contribution in [3.05, 3.63) is 24.8 Å². The van der Waals surface area contributed by atoms with Crippen molar-refractivity contribution in [1.29, 1.82) is 0 Å². The zero-order valence-corrected chi connectivity index (χ0v) is 5.30. The predicted octanol–water partition coefficient (Wildman–Crippen LogP) is 1.11. The van der Waals surface area contributed by atoms with E-state index in [1.54, 1.807) is 18.2 Å². The maximum absolute atomic E-state index is 8.28. The summed E-state index contributed by atoms with van der Waals surface area (Å²) in [5.41, 5.74) is 0. The molecule has 48 valence electrons. The summed E-state index contributed by atoms with van der Waals surface area (Å²) in [7, 11) is 0. The highest BCUT2D eigenvalue weighted by Gasteiger charge is 1.66. The third-order valence-electron chi connectivity index (χ3n) is 0.655. The van der Waals surface area contributed by atoms with Crippen LogP contribution in [0.3, 0.4) is 0 Å². The van der Waals surface area contributed by atoms with Crippen molar-refractivity contribution in [2.45, 2.75) is 6.42 Å². The van der Waals surface area contributed by atoms with Gasteiger partial charge in [0, 0.05) is 6.42 Å². The van der Waals surface area contributed by atoms with Crippen molar-refractivity contribution < 1.29 is 5.11 Å². The molecule has 0 aromatic rings. The van der Waals surface area contributed by atoms with E-state index < -0.39 is 0 Å². The van der Waals surface area contributed by atoms with Gasteiger partial charge in [0.2, 0.25) is 0 Å². The van der Waals surface area contributed by atoms with Crippen LogP contribution in [0, 0.1) is 11.8 Å². The van der Waals surface area contributed by atoms with Crippen LogP contribution in [0.4, 0.5) is 0 Å². The van der Waals surface area contributed by atoms with Gasteiger partial charge in [0.1, 0.15) is 0 Å². The second-order valence-electron chi connectivity index (χ2n) is 1.39. The Morgan fingerprint density at radius 3 is 2.89 bits per heavy atom. The van der Waals surface area contributed by atoms with Crippen LogP contribution in [0.2, 0.25) is 0 Å². The molecule has 0 amide bonds. The van der Waals surface area contributed by atoms with Gasteiger partial charge < -0.3 is 5.11 Å². The van der Waals surface area contributed by atoms with Gasteiger partial charge in [-0.1, -0.05) is 30.6 Å². The topological polar surface area (TPSA) is 20.2 Å². The summed E-state index contributed by atoms with van der Waals surface area (Å²) in [5.74, 6) is 5.46. The van der Waals surface area contributed by atoms with E-state index in [0.29, 0.717) is 6.42 Å². The van der Waals surface area contributed by atoms with Gasteiger partial charge in [0.15, 0.2) is 0 Å². The van der Waals surface area contributed by atoms with E-state index in [4.69, 9.17) is 5.11 Å². The molecule has 0 unspecified atom stereocenters. The maximum Gasteiger partial charge on any atom is 0.0540 e. The van der Waals surface area contributed by atoms with Crippen molar-refractivity contribution in [1.82, 2.24) is 0 Å². The second kappa shape index (κ2) is 7.00. The Morgan fingerprint density at radius 2 is 2.33 bits per heavy atom. The minimum atomic E-state index is 0.134. The van der Waals surface area contributed by atoms with Crippen LogP contribution >= 0.6 is 0 Å². The van der Waals surface area contributed by atoms with E-state index in [0.717, 1.165) is 0 Å². The summed E-state index contributed by atoms with van der Waals surface area (Å²) < 4.78 is 0.